The maximum absolute atomic E-state index is 9.24. The average Bonchev–Trinajstić information content (AvgIpc) is 2.13. The summed E-state index contributed by atoms with van der Waals surface area (Å²) in [7, 11) is 0. The van der Waals surface area contributed by atoms with E-state index in [1.54, 1.807) is 0 Å². The molecular formula is C16H30O4Ti+2. The van der Waals surface area contributed by atoms with E-state index < -0.39 is 0 Å². The Hall–Kier alpha value is -0.866. The van der Waals surface area contributed by atoms with Crippen LogP contribution in [0.1, 0.15) is 55.4 Å². The molecule has 0 aliphatic heterocycles. The second-order valence-corrected chi connectivity index (χ2v) is 6.84. The van der Waals surface area contributed by atoms with Gasteiger partial charge >= 0.3 is 0 Å². The van der Waals surface area contributed by atoms with Crippen LogP contribution in [-0.4, -0.2) is 42.3 Å². The van der Waals surface area contributed by atoms with Crippen molar-refractivity contribution in [2.75, 3.05) is 0 Å². The molecule has 0 saturated heterocycles. The molecule has 0 atom stereocenters. The molecule has 0 radical (unpaired) electrons. The van der Waals surface area contributed by atoms with E-state index in [9.17, 15) is 9.59 Å². The van der Waals surface area contributed by atoms with E-state index in [1.807, 2.05) is 41.5 Å². The largest absolute Gasteiger partial charge is 0.316 e. The quantitative estimate of drug-likeness (QED) is 0.328. The predicted octanol–water partition coefficient (Wildman–Crippen LogP) is 2.69. The molecule has 4 N–H and O–H groups in total. The Labute approximate surface area is 143 Å². The number of carbonyl (C=O) groups excluding carboxylic acids is 4. The van der Waals surface area contributed by atoms with Crippen molar-refractivity contribution >= 4 is 23.1 Å². The van der Waals surface area contributed by atoms with E-state index in [2.05, 4.69) is 0 Å². The van der Waals surface area contributed by atoms with E-state index in [0.29, 0.717) is 0 Å². The van der Waals surface area contributed by atoms with Gasteiger partial charge in [-0.05, 0) is 0 Å². The van der Waals surface area contributed by atoms with Crippen molar-refractivity contribution < 1.29 is 40.9 Å². The van der Waals surface area contributed by atoms with Crippen LogP contribution in [0, 0.1) is 23.7 Å². The van der Waals surface area contributed by atoms with Gasteiger partial charge < -0.3 is 19.2 Å². The van der Waals surface area contributed by atoms with Crippen molar-refractivity contribution in [3.63, 3.8) is 0 Å². The summed E-state index contributed by atoms with van der Waals surface area (Å²) in [5, 5.41) is 0. The molecule has 0 aliphatic carbocycles. The maximum Gasteiger partial charge on any atom is 0.184 e. The predicted molar refractivity (Wildman–Crippen MR) is 86.6 cm³/mol. The zero-order valence-corrected chi connectivity index (χ0v) is 16.0. The molecule has 0 saturated carbocycles. The second kappa shape index (κ2) is 9.96. The first kappa shape index (κ1) is 25.1. The Morgan fingerprint density at radius 1 is 0.619 bits per heavy atom. The van der Waals surface area contributed by atoms with Crippen LogP contribution in [0.3, 0.4) is 0 Å². The molecule has 0 aromatic heterocycles. The summed E-state index contributed by atoms with van der Waals surface area (Å²) in [6.45, 7) is 14.3. The van der Waals surface area contributed by atoms with Crippen LogP contribution in [0.15, 0.2) is 0 Å². The first-order valence-corrected chi connectivity index (χ1v) is 6.55. The number of hydrogen-bond acceptors (Lipinski definition) is 0. The minimum atomic E-state index is -0.274. The summed E-state index contributed by atoms with van der Waals surface area (Å²) in [5.41, 5.74) is -0.548. The molecule has 0 heterocycles. The first-order valence-electron chi connectivity index (χ1n) is 6.55. The molecule has 0 rings (SSSR count). The van der Waals surface area contributed by atoms with Crippen LogP contribution in [0.4, 0.5) is 0 Å². The van der Waals surface area contributed by atoms with Crippen molar-refractivity contribution in [1.29, 1.82) is 0 Å². The molecular weight excluding hydrogens is 304 g/mol. The van der Waals surface area contributed by atoms with Crippen molar-refractivity contribution in [2.24, 2.45) is 10.8 Å². The van der Waals surface area contributed by atoms with Crippen molar-refractivity contribution in [3.05, 3.63) is 12.8 Å². The fraction of sp³-hybridized carbons (Fsp3) is 0.625. The Morgan fingerprint density at radius 3 is 0.857 bits per heavy atom. The third kappa shape index (κ3) is 15.3. The third-order valence-electron chi connectivity index (χ3n) is 2.23. The summed E-state index contributed by atoms with van der Waals surface area (Å²) < 4.78 is 0. The van der Waals surface area contributed by atoms with Gasteiger partial charge in [0.1, 0.15) is 0 Å². The zero-order valence-electron chi connectivity index (χ0n) is 14.4. The summed E-state index contributed by atoms with van der Waals surface area (Å²) in [6, 6.07) is 0. The number of hydrogen-bond donors (Lipinski definition) is 0. The minimum absolute atomic E-state index is 0. The maximum atomic E-state index is 9.24. The average molecular weight is 334 g/mol. The van der Waals surface area contributed by atoms with Crippen LogP contribution >= 0.6 is 0 Å². The van der Waals surface area contributed by atoms with Gasteiger partial charge in [0.15, 0.2) is 23.1 Å². The van der Waals surface area contributed by atoms with E-state index in [1.165, 1.54) is 26.7 Å². The van der Waals surface area contributed by atoms with E-state index in [-0.39, 0.29) is 55.7 Å². The Bertz CT molecular complexity index is 346. The Morgan fingerprint density at radius 2 is 0.810 bits per heavy atom. The molecule has 120 valence electrons. The van der Waals surface area contributed by atoms with Gasteiger partial charge in [-0.1, -0.05) is 41.5 Å². The summed E-state index contributed by atoms with van der Waals surface area (Å²) in [5.74, 6) is 0.667. The number of ketones is 4. The van der Waals surface area contributed by atoms with Crippen LogP contribution in [0.2, 0.25) is 0 Å². The molecule has 21 heavy (non-hydrogen) atoms. The van der Waals surface area contributed by atoms with E-state index in [4.69, 9.17) is 9.59 Å². The van der Waals surface area contributed by atoms with Gasteiger partial charge in [-0.15, -0.1) is 0 Å². The molecule has 0 fully saturated rings. The first-order chi connectivity index (χ1) is 8.67. The van der Waals surface area contributed by atoms with Gasteiger partial charge in [-0.25, -0.2) is 0 Å². The smallest absolute Gasteiger partial charge is 0.184 e. The molecule has 4 nitrogen and oxygen atoms in total. The molecule has 0 unspecified atom stereocenters. The van der Waals surface area contributed by atoms with Crippen LogP contribution in [-0.2, 0) is 21.7 Å². The van der Waals surface area contributed by atoms with Crippen LogP contribution in [0.5, 0.6) is 0 Å². The second-order valence-electron chi connectivity index (χ2n) is 6.84. The molecule has 0 amide bonds. The summed E-state index contributed by atoms with van der Waals surface area (Å²) in [6.07, 6.45) is 2.72. The fourth-order valence-electron chi connectivity index (χ4n) is 0.829. The monoisotopic (exact) mass is 334 g/mol. The van der Waals surface area contributed by atoms with Gasteiger partial charge in [-0.2, -0.15) is 12.8 Å². The SMILES string of the molecule is CC(=[OH+])[CH-]C(=[OH+])C(C)(C)C.CC(=[OH+])[CH-]C(=[OH+])C(C)(C)C.[Ti]. The molecule has 0 aromatic carbocycles. The molecule has 0 spiro atoms. The van der Waals surface area contributed by atoms with Gasteiger partial charge in [-0.3, -0.25) is 0 Å². The number of rotatable bonds is 4. The Kier molecular flexibility index (Phi) is 11.9. The Balaban J connectivity index is -0.000000295. The molecule has 0 aromatic rings. The summed E-state index contributed by atoms with van der Waals surface area (Å²) in [4.78, 5) is 36.0. The normalized spacial score (nSPS) is 10.3. The van der Waals surface area contributed by atoms with E-state index >= 15 is 0 Å². The van der Waals surface area contributed by atoms with E-state index in [0.717, 1.165) is 0 Å². The van der Waals surface area contributed by atoms with Crippen molar-refractivity contribution in [2.45, 2.75) is 55.4 Å². The van der Waals surface area contributed by atoms with Crippen LogP contribution < -0.4 is 0 Å². The van der Waals surface area contributed by atoms with Gasteiger partial charge in [0, 0.05) is 46.4 Å². The van der Waals surface area contributed by atoms with Crippen LogP contribution in [0.25, 0.3) is 0 Å². The van der Waals surface area contributed by atoms with Gasteiger partial charge in [0.2, 0.25) is 0 Å². The summed E-state index contributed by atoms with van der Waals surface area (Å²) >= 11 is 0. The van der Waals surface area contributed by atoms with Gasteiger partial charge in [0.05, 0.1) is 0 Å². The minimum Gasteiger partial charge on any atom is -0.316 e. The standard InChI is InChI=1S/2C8H13O2.Ti/c2*1-6(9)5-7(10)8(2,3)4;/h2*5H,1-4H3;/q2*-1;/p+4. The molecule has 0 aliphatic rings. The van der Waals surface area contributed by atoms with Gasteiger partial charge in [0.25, 0.3) is 0 Å². The molecule has 5 heteroatoms. The molecule has 0 bridgehead atoms. The topological polar surface area (TPSA) is 85.6 Å². The zero-order chi connectivity index (χ0) is 16.7. The van der Waals surface area contributed by atoms with Crippen molar-refractivity contribution in [3.8, 4) is 0 Å². The van der Waals surface area contributed by atoms with Crippen molar-refractivity contribution in [1.82, 2.24) is 0 Å². The fourth-order valence-corrected chi connectivity index (χ4v) is 0.829. The third-order valence-corrected chi connectivity index (χ3v) is 2.23.